The van der Waals surface area contributed by atoms with Gasteiger partial charge in [0.1, 0.15) is 4.70 Å². The highest BCUT2D eigenvalue weighted by atomic mass is 35.5. The first kappa shape index (κ1) is 19.5. The van der Waals surface area contributed by atoms with Crippen molar-refractivity contribution < 1.29 is 9.13 Å². The highest BCUT2D eigenvalue weighted by Gasteiger charge is 2.19. The van der Waals surface area contributed by atoms with Crippen LogP contribution in [-0.2, 0) is 7.05 Å². The van der Waals surface area contributed by atoms with E-state index >= 15 is 0 Å². The van der Waals surface area contributed by atoms with Crippen molar-refractivity contribution in [3.05, 3.63) is 68.5 Å². The molecule has 1 aromatic carbocycles. The molecule has 0 amide bonds. The summed E-state index contributed by atoms with van der Waals surface area (Å²) in [5.41, 5.74) is 0.748. The summed E-state index contributed by atoms with van der Waals surface area (Å²) in [6.07, 6.45) is 4.63. The van der Waals surface area contributed by atoms with Crippen molar-refractivity contribution in [2.24, 2.45) is 7.05 Å². The molecule has 0 fully saturated rings. The van der Waals surface area contributed by atoms with Crippen LogP contribution in [0.25, 0.3) is 37.2 Å². The van der Waals surface area contributed by atoms with Gasteiger partial charge in [0, 0.05) is 22.9 Å². The Labute approximate surface area is 182 Å². The second-order valence-electron chi connectivity index (χ2n) is 6.75. The molecule has 0 aliphatic heterocycles. The maximum atomic E-state index is 13.9. The van der Waals surface area contributed by atoms with E-state index in [9.17, 15) is 14.0 Å². The van der Waals surface area contributed by atoms with Gasteiger partial charge in [0.05, 0.1) is 47.4 Å². The van der Waals surface area contributed by atoms with Crippen molar-refractivity contribution in [2.45, 2.75) is 0 Å². The van der Waals surface area contributed by atoms with Gasteiger partial charge >= 0.3 is 5.69 Å². The van der Waals surface area contributed by atoms with Crippen LogP contribution in [0, 0.1) is 5.82 Å². The Bertz CT molecular complexity index is 1620. The quantitative estimate of drug-likeness (QED) is 0.447. The Kier molecular flexibility index (Phi) is 4.42. The fourth-order valence-corrected chi connectivity index (χ4v) is 4.84. The number of aromatic nitrogens is 5. The Morgan fingerprint density at radius 1 is 1.19 bits per heavy atom. The third-order valence-corrected chi connectivity index (χ3v) is 6.45. The van der Waals surface area contributed by atoms with Crippen molar-refractivity contribution in [1.82, 2.24) is 24.3 Å². The van der Waals surface area contributed by atoms with Gasteiger partial charge in [-0.15, -0.1) is 11.3 Å². The first-order chi connectivity index (χ1) is 14.9. The van der Waals surface area contributed by atoms with Crippen LogP contribution in [-0.4, -0.2) is 31.4 Å². The predicted octanol–water partition coefficient (Wildman–Crippen LogP) is 3.49. The van der Waals surface area contributed by atoms with E-state index in [4.69, 9.17) is 16.3 Å². The van der Waals surface area contributed by atoms with Gasteiger partial charge in [-0.1, -0.05) is 11.6 Å². The Morgan fingerprint density at radius 3 is 2.77 bits per heavy atom. The van der Waals surface area contributed by atoms with Gasteiger partial charge in [-0.3, -0.25) is 14.5 Å². The summed E-state index contributed by atoms with van der Waals surface area (Å²) >= 11 is 7.36. The minimum absolute atomic E-state index is 0.0251. The van der Waals surface area contributed by atoms with Gasteiger partial charge in [-0.2, -0.15) is 5.10 Å². The van der Waals surface area contributed by atoms with Crippen molar-refractivity contribution in [3.63, 3.8) is 0 Å². The normalized spacial score (nSPS) is 11.5. The number of methoxy groups -OCH3 is 1. The molecule has 31 heavy (non-hydrogen) atoms. The number of aryl methyl sites for hydroxylation is 1. The van der Waals surface area contributed by atoms with Gasteiger partial charge in [0.15, 0.2) is 11.6 Å². The molecule has 0 saturated carbocycles. The zero-order valence-corrected chi connectivity index (χ0v) is 17.7. The van der Waals surface area contributed by atoms with Gasteiger partial charge in [0.25, 0.3) is 5.56 Å². The molecule has 0 bridgehead atoms. The average molecular weight is 458 g/mol. The summed E-state index contributed by atoms with van der Waals surface area (Å²) in [7, 11) is 3.10. The lowest BCUT2D eigenvalue weighted by molar-refractivity contribution is 0.387. The molecule has 5 aromatic rings. The fourth-order valence-electron chi connectivity index (χ4n) is 3.46. The molecular formula is C20H13ClFN5O3S. The van der Waals surface area contributed by atoms with Gasteiger partial charge in [-0.25, -0.2) is 13.8 Å². The lowest BCUT2D eigenvalue weighted by atomic mass is 10.1. The first-order valence-corrected chi connectivity index (χ1v) is 10.2. The molecule has 11 heteroatoms. The highest BCUT2D eigenvalue weighted by molar-refractivity contribution is 7.22. The number of hydrogen-bond donors (Lipinski definition) is 1. The van der Waals surface area contributed by atoms with Crippen LogP contribution in [0.4, 0.5) is 4.39 Å². The Balaban J connectivity index is 1.77. The SMILES string of the molecule is COc1cc(-c2cc3[nH]c(=O)n(-c4cncc5c4cnn5C)c(=O)c3s2)c(Cl)cc1F. The number of rotatable bonds is 3. The predicted molar refractivity (Wildman–Crippen MR) is 117 cm³/mol. The number of hydrogen-bond acceptors (Lipinski definition) is 6. The van der Waals surface area contributed by atoms with Crippen molar-refractivity contribution in [2.75, 3.05) is 7.11 Å². The molecular weight excluding hydrogens is 445 g/mol. The van der Waals surface area contributed by atoms with Crippen LogP contribution < -0.4 is 16.0 Å². The highest BCUT2D eigenvalue weighted by Crippen LogP contribution is 2.38. The lowest BCUT2D eigenvalue weighted by Gasteiger charge is -2.06. The monoisotopic (exact) mass is 457 g/mol. The zero-order valence-electron chi connectivity index (χ0n) is 16.1. The fraction of sp³-hybridized carbons (Fsp3) is 0.100. The van der Waals surface area contributed by atoms with E-state index < -0.39 is 17.1 Å². The molecule has 0 unspecified atom stereocenters. The molecule has 1 N–H and O–H groups in total. The van der Waals surface area contributed by atoms with Gasteiger partial charge in [-0.05, 0) is 18.2 Å². The number of fused-ring (bicyclic) bond motifs is 2. The Hall–Kier alpha value is -3.50. The molecule has 4 heterocycles. The van der Waals surface area contributed by atoms with Crippen molar-refractivity contribution in [3.8, 4) is 21.9 Å². The maximum absolute atomic E-state index is 13.9. The molecule has 0 saturated heterocycles. The molecule has 8 nitrogen and oxygen atoms in total. The summed E-state index contributed by atoms with van der Waals surface area (Å²) < 4.78 is 21.9. The third kappa shape index (κ3) is 2.94. The maximum Gasteiger partial charge on any atom is 0.333 e. The standard InChI is InChI=1S/C20H13ClFN5O3S/c1-26-14-7-23-8-15(10(14)6-24-26)27-19(28)18-13(25-20(27)29)5-17(31-18)9-3-16(30-2)12(22)4-11(9)21/h3-8H,1-2H3,(H,25,29). The van der Waals surface area contributed by atoms with Crippen LogP contribution in [0.3, 0.4) is 0 Å². The van der Waals surface area contributed by atoms with Crippen LogP contribution in [0.1, 0.15) is 0 Å². The summed E-state index contributed by atoms with van der Waals surface area (Å²) in [5.74, 6) is -0.567. The van der Waals surface area contributed by atoms with Crippen LogP contribution in [0.15, 0.2) is 46.4 Å². The summed E-state index contributed by atoms with van der Waals surface area (Å²) in [5, 5.41) is 4.96. The van der Waals surface area contributed by atoms with Crippen LogP contribution >= 0.6 is 22.9 Å². The molecule has 0 spiro atoms. The smallest absolute Gasteiger partial charge is 0.333 e. The van der Waals surface area contributed by atoms with Crippen molar-refractivity contribution in [1.29, 1.82) is 0 Å². The number of thiophene rings is 1. The topological polar surface area (TPSA) is 94.8 Å². The van der Waals surface area contributed by atoms with E-state index in [-0.39, 0.29) is 10.8 Å². The van der Waals surface area contributed by atoms with E-state index in [2.05, 4.69) is 15.1 Å². The number of halogens is 2. The lowest BCUT2D eigenvalue weighted by Crippen LogP contribution is -2.33. The van der Waals surface area contributed by atoms with Crippen LogP contribution in [0.5, 0.6) is 5.75 Å². The largest absolute Gasteiger partial charge is 0.494 e. The Morgan fingerprint density at radius 2 is 2.00 bits per heavy atom. The number of ether oxygens (including phenoxy) is 1. The second kappa shape index (κ2) is 7.03. The molecule has 0 atom stereocenters. The number of aromatic amines is 1. The number of nitrogens with zero attached hydrogens (tertiary/aromatic N) is 4. The molecule has 0 aliphatic rings. The second-order valence-corrected chi connectivity index (χ2v) is 8.21. The molecule has 0 radical (unpaired) electrons. The minimum atomic E-state index is -0.609. The van der Waals surface area contributed by atoms with E-state index in [1.165, 1.54) is 19.4 Å². The number of pyridine rings is 1. The molecule has 5 rings (SSSR count). The van der Waals surface area contributed by atoms with Gasteiger partial charge in [0.2, 0.25) is 0 Å². The number of H-pyrrole nitrogens is 1. The van der Waals surface area contributed by atoms with Crippen LogP contribution in [0.2, 0.25) is 5.02 Å². The average Bonchev–Trinajstić information content (AvgIpc) is 3.33. The number of nitrogens with one attached hydrogen (secondary N) is 1. The van der Waals surface area contributed by atoms with E-state index in [1.807, 2.05) is 0 Å². The summed E-state index contributed by atoms with van der Waals surface area (Å²) in [4.78, 5) is 33.6. The van der Waals surface area contributed by atoms with Crippen molar-refractivity contribution >= 4 is 44.1 Å². The van der Waals surface area contributed by atoms with E-state index in [0.717, 1.165) is 22.0 Å². The molecule has 4 aromatic heterocycles. The minimum Gasteiger partial charge on any atom is -0.494 e. The van der Waals surface area contributed by atoms with Gasteiger partial charge < -0.3 is 9.72 Å². The van der Waals surface area contributed by atoms with E-state index in [0.29, 0.717) is 37.2 Å². The molecule has 156 valence electrons. The first-order valence-electron chi connectivity index (χ1n) is 8.97. The molecule has 0 aliphatic carbocycles. The number of benzene rings is 1. The third-order valence-electron chi connectivity index (χ3n) is 4.98. The summed E-state index contributed by atoms with van der Waals surface area (Å²) in [6, 6.07) is 4.24. The zero-order chi connectivity index (χ0) is 21.9. The summed E-state index contributed by atoms with van der Waals surface area (Å²) in [6.45, 7) is 0. The van der Waals surface area contributed by atoms with E-state index in [1.54, 1.807) is 30.2 Å².